The van der Waals surface area contributed by atoms with E-state index in [1.165, 1.54) is 0 Å². The van der Waals surface area contributed by atoms with Gasteiger partial charge in [-0.1, -0.05) is 6.42 Å². The molecule has 3 N–H and O–H groups in total. The predicted molar refractivity (Wildman–Crippen MR) is 61.0 cm³/mol. The Morgan fingerprint density at radius 1 is 1.33 bits per heavy atom. The lowest BCUT2D eigenvalue weighted by Crippen LogP contribution is -2.51. The van der Waals surface area contributed by atoms with E-state index in [1.807, 2.05) is 0 Å². The molecule has 9 heteroatoms. The van der Waals surface area contributed by atoms with E-state index in [0.717, 1.165) is 10.7 Å². The lowest BCUT2D eigenvalue weighted by molar-refractivity contribution is -0.121. The van der Waals surface area contributed by atoms with Crippen LogP contribution >= 0.6 is 0 Å². The van der Waals surface area contributed by atoms with Gasteiger partial charge in [0.05, 0.1) is 0 Å². The minimum Gasteiger partial charge on any atom is -0.330 e. The van der Waals surface area contributed by atoms with E-state index in [4.69, 9.17) is 5.73 Å². The van der Waals surface area contributed by atoms with Crippen molar-refractivity contribution in [1.82, 2.24) is 9.03 Å². The maximum atomic E-state index is 12.0. The molecule has 0 aromatic carbocycles. The van der Waals surface area contributed by atoms with Crippen LogP contribution in [0.3, 0.4) is 0 Å². The monoisotopic (exact) mass is 289 g/mol. The fourth-order valence-electron chi connectivity index (χ4n) is 1.68. The highest BCUT2D eigenvalue weighted by atomic mass is 32.2. The van der Waals surface area contributed by atoms with Crippen LogP contribution in [0.25, 0.3) is 0 Å². The highest BCUT2D eigenvalue weighted by Gasteiger charge is 2.36. The molecule has 0 saturated heterocycles. The molecule has 1 saturated carbocycles. The molecule has 0 bridgehead atoms. The van der Waals surface area contributed by atoms with Crippen molar-refractivity contribution < 1.29 is 21.6 Å². The topological polar surface area (TPSA) is 75.4 Å². The standard InChI is InChI=1S/C9H18F3N3O2S/c10-9(11,12)7-14-18(16,17)15(6-2-5-13)8-3-1-4-8/h8,14H,1-7,13H2. The van der Waals surface area contributed by atoms with Crippen LogP contribution in [0, 0.1) is 0 Å². The number of hydrogen-bond acceptors (Lipinski definition) is 3. The highest BCUT2D eigenvalue weighted by molar-refractivity contribution is 7.87. The summed E-state index contributed by atoms with van der Waals surface area (Å²) in [6.45, 7) is -1.08. The Morgan fingerprint density at radius 3 is 2.33 bits per heavy atom. The maximum Gasteiger partial charge on any atom is 0.402 e. The first kappa shape index (κ1) is 15.7. The van der Waals surface area contributed by atoms with Crippen molar-refractivity contribution in [2.45, 2.75) is 37.9 Å². The molecular weight excluding hydrogens is 271 g/mol. The van der Waals surface area contributed by atoms with Gasteiger partial charge < -0.3 is 5.73 Å². The van der Waals surface area contributed by atoms with Gasteiger partial charge in [0.15, 0.2) is 0 Å². The largest absolute Gasteiger partial charge is 0.402 e. The molecule has 0 radical (unpaired) electrons. The van der Waals surface area contributed by atoms with Crippen molar-refractivity contribution in [3.63, 3.8) is 0 Å². The van der Waals surface area contributed by atoms with Crippen molar-refractivity contribution in [3.05, 3.63) is 0 Å². The third-order valence-corrected chi connectivity index (χ3v) is 4.44. The lowest BCUT2D eigenvalue weighted by atomic mass is 9.93. The molecule has 1 rings (SSSR count). The molecule has 108 valence electrons. The number of hydrogen-bond donors (Lipinski definition) is 2. The average molecular weight is 289 g/mol. The van der Waals surface area contributed by atoms with Crippen LogP contribution in [0.15, 0.2) is 0 Å². The smallest absolute Gasteiger partial charge is 0.330 e. The summed E-state index contributed by atoms with van der Waals surface area (Å²) in [4.78, 5) is 0. The average Bonchev–Trinajstić information content (AvgIpc) is 2.17. The third kappa shape index (κ3) is 4.71. The van der Waals surface area contributed by atoms with Crippen molar-refractivity contribution in [1.29, 1.82) is 0 Å². The summed E-state index contributed by atoms with van der Waals surface area (Å²) in [5, 5.41) is 0. The Balaban J connectivity index is 2.63. The van der Waals surface area contributed by atoms with Gasteiger partial charge in [-0.15, -0.1) is 0 Å². The first-order chi connectivity index (χ1) is 8.26. The zero-order valence-electron chi connectivity index (χ0n) is 9.91. The minimum atomic E-state index is -4.55. The van der Waals surface area contributed by atoms with Gasteiger partial charge in [0, 0.05) is 12.6 Å². The normalized spacial score (nSPS) is 18.1. The van der Waals surface area contributed by atoms with E-state index < -0.39 is 22.9 Å². The van der Waals surface area contributed by atoms with E-state index >= 15 is 0 Å². The minimum absolute atomic E-state index is 0.161. The molecule has 5 nitrogen and oxygen atoms in total. The summed E-state index contributed by atoms with van der Waals surface area (Å²) in [5.74, 6) is 0. The molecule has 0 aliphatic heterocycles. The van der Waals surface area contributed by atoms with Gasteiger partial charge in [-0.2, -0.15) is 30.6 Å². The second-order valence-corrected chi connectivity index (χ2v) is 5.99. The Bertz CT molecular complexity index is 355. The SMILES string of the molecule is NCCCN(C1CCC1)S(=O)(=O)NCC(F)(F)F. The van der Waals surface area contributed by atoms with Crippen molar-refractivity contribution in [3.8, 4) is 0 Å². The third-order valence-electron chi connectivity index (χ3n) is 2.83. The number of alkyl halides is 3. The van der Waals surface area contributed by atoms with Crippen LogP contribution in [0.5, 0.6) is 0 Å². The van der Waals surface area contributed by atoms with E-state index in [9.17, 15) is 21.6 Å². The summed E-state index contributed by atoms with van der Waals surface area (Å²) in [5.41, 5.74) is 5.30. The molecule has 0 atom stereocenters. The molecular formula is C9H18F3N3O2S. The van der Waals surface area contributed by atoms with Crippen LogP contribution < -0.4 is 10.5 Å². The zero-order chi connectivity index (χ0) is 13.8. The fraction of sp³-hybridized carbons (Fsp3) is 1.00. The molecule has 0 unspecified atom stereocenters. The highest BCUT2D eigenvalue weighted by Crippen LogP contribution is 2.27. The van der Waals surface area contributed by atoms with Gasteiger partial charge in [-0.05, 0) is 25.8 Å². The number of nitrogens with one attached hydrogen (secondary N) is 1. The van der Waals surface area contributed by atoms with Gasteiger partial charge in [0.25, 0.3) is 10.2 Å². The lowest BCUT2D eigenvalue weighted by Gasteiger charge is -2.36. The molecule has 18 heavy (non-hydrogen) atoms. The number of nitrogens with zero attached hydrogens (tertiary/aromatic N) is 1. The van der Waals surface area contributed by atoms with E-state index in [2.05, 4.69) is 0 Å². The molecule has 0 aromatic rings. The van der Waals surface area contributed by atoms with Gasteiger partial charge in [0.2, 0.25) is 0 Å². The Kier molecular flexibility index (Phi) is 5.38. The van der Waals surface area contributed by atoms with Gasteiger partial charge in [-0.25, -0.2) is 0 Å². The molecule has 1 aliphatic rings. The summed E-state index contributed by atoms with van der Waals surface area (Å²) >= 11 is 0. The van der Waals surface area contributed by atoms with E-state index in [0.29, 0.717) is 25.8 Å². The summed E-state index contributed by atoms with van der Waals surface area (Å²) < 4.78 is 62.4. The van der Waals surface area contributed by atoms with Crippen molar-refractivity contribution >= 4 is 10.2 Å². The maximum absolute atomic E-state index is 12.0. The fourth-order valence-corrected chi connectivity index (χ4v) is 3.16. The molecule has 1 fully saturated rings. The number of halogens is 3. The van der Waals surface area contributed by atoms with E-state index in [-0.39, 0.29) is 12.6 Å². The van der Waals surface area contributed by atoms with Gasteiger partial charge in [0.1, 0.15) is 6.54 Å². The van der Waals surface area contributed by atoms with Crippen molar-refractivity contribution in [2.24, 2.45) is 5.73 Å². The van der Waals surface area contributed by atoms with Crippen LogP contribution in [0.2, 0.25) is 0 Å². The zero-order valence-corrected chi connectivity index (χ0v) is 10.7. The van der Waals surface area contributed by atoms with Crippen molar-refractivity contribution in [2.75, 3.05) is 19.6 Å². The summed E-state index contributed by atoms with van der Waals surface area (Å²) in [6.07, 6.45) is -1.83. The molecule has 0 spiro atoms. The van der Waals surface area contributed by atoms with Gasteiger partial charge >= 0.3 is 6.18 Å². The summed E-state index contributed by atoms with van der Waals surface area (Å²) in [6, 6.07) is -0.192. The first-order valence-electron chi connectivity index (χ1n) is 5.79. The Labute approximate surface area is 105 Å². The van der Waals surface area contributed by atoms with Crippen LogP contribution in [0.4, 0.5) is 13.2 Å². The van der Waals surface area contributed by atoms with Gasteiger partial charge in [-0.3, -0.25) is 0 Å². The molecule has 0 aromatic heterocycles. The number of rotatable bonds is 7. The molecule has 0 heterocycles. The van der Waals surface area contributed by atoms with E-state index in [1.54, 1.807) is 4.72 Å². The molecule has 1 aliphatic carbocycles. The summed E-state index contributed by atoms with van der Waals surface area (Å²) in [7, 11) is -4.08. The van der Waals surface area contributed by atoms with Crippen LogP contribution in [-0.4, -0.2) is 44.6 Å². The first-order valence-corrected chi connectivity index (χ1v) is 7.23. The quantitative estimate of drug-likeness (QED) is 0.720. The Morgan fingerprint density at radius 2 is 1.94 bits per heavy atom. The molecule has 0 amide bonds. The number of nitrogens with two attached hydrogens (primary N) is 1. The second-order valence-electron chi connectivity index (χ2n) is 4.28. The van der Waals surface area contributed by atoms with Crippen LogP contribution in [0.1, 0.15) is 25.7 Å². The Hall–Kier alpha value is -0.380. The second kappa shape index (κ2) is 6.18. The predicted octanol–water partition coefficient (Wildman–Crippen LogP) is 0.586. The van der Waals surface area contributed by atoms with Crippen LogP contribution in [-0.2, 0) is 10.2 Å².